The van der Waals surface area contributed by atoms with Crippen LogP contribution < -0.4 is 0 Å². The van der Waals surface area contributed by atoms with Gasteiger partial charge in [0.2, 0.25) is 0 Å². The zero-order valence-corrected chi connectivity index (χ0v) is 3.69. The van der Waals surface area contributed by atoms with Crippen LogP contribution >= 0.6 is 0 Å². The standard InChI is InChI=1S/Au.3FH/h;3*1H. The van der Waals surface area contributed by atoms with Crippen molar-refractivity contribution in [1.82, 2.24) is 0 Å². The van der Waals surface area contributed by atoms with Gasteiger partial charge in [0, 0.05) is 22.4 Å². The van der Waals surface area contributed by atoms with E-state index in [1.165, 1.54) is 0 Å². The van der Waals surface area contributed by atoms with Crippen molar-refractivity contribution < 1.29 is 36.5 Å². The van der Waals surface area contributed by atoms with Crippen molar-refractivity contribution in [1.29, 1.82) is 0 Å². The number of halogens is 3. The van der Waals surface area contributed by atoms with Gasteiger partial charge in [-0.25, -0.2) is 0 Å². The molecule has 0 atom stereocenters. The Morgan fingerprint density at radius 2 is 0.500 bits per heavy atom. The van der Waals surface area contributed by atoms with Crippen LogP contribution in [0.5, 0.6) is 0 Å². The molecule has 0 unspecified atom stereocenters. The number of hydrogen-bond donors (Lipinski definition) is 0. The normalized spacial score (nSPS) is 0. The average molecular weight is 257 g/mol. The van der Waals surface area contributed by atoms with E-state index in [0.717, 1.165) is 0 Å². The molecule has 0 nitrogen and oxygen atoms in total. The minimum atomic E-state index is 0. The molecule has 0 fully saturated rings. The van der Waals surface area contributed by atoms with Crippen LogP contribution in [0.3, 0.4) is 0 Å². The zero-order valence-electron chi connectivity index (χ0n) is 1.53. The summed E-state index contributed by atoms with van der Waals surface area (Å²) < 4.78 is 0. The van der Waals surface area contributed by atoms with E-state index in [1.54, 1.807) is 0 Å². The van der Waals surface area contributed by atoms with E-state index < -0.39 is 0 Å². The molecule has 0 aromatic rings. The van der Waals surface area contributed by atoms with Crippen molar-refractivity contribution in [2.75, 3.05) is 0 Å². The Balaban J connectivity index is 0. The monoisotopic (exact) mass is 257 g/mol. The SMILES string of the molecule is F.F.F.[Au]. The molecule has 0 rings (SSSR count). The molecule has 0 aromatic heterocycles. The van der Waals surface area contributed by atoms with Gasteiger partial charge in [0.15, 0.2) is 0 Å². The maximum atomic E-state index is 0. The summed E-state index contributed by atoms with van der Waals surface area (Å²) in [6.45, 7) is 0. The molecular weight excluding hydrogens is 254 g/mol. The van der Waals surface area contributed by atoms with E-state index in [2.05, 4.69) is 0 Å². The third-order valence-electron chi connectivity index (χ3n) is 0. The van der Waals surface area contributed by atoms with Gasteiger partial charge in [0.05, 0.1) is 0 Å². The molecule has 0 bridgehead atoms. The Morgan fingerprint density at radius 3 is 0.500 bits per heavy atom. The van der Waals surface area contributed by atoms with Gasteiger partial charge in [-0.2, -0.15) is 0 Å². The molecule has 1 radical (unpaired) electrons. The fourth-order valence-corrected chi connectivity index (χ4v) is 0. The Bertz CT molecular complexity index is 3.25. The van der Waals surface area contributed by atoms with E-state index in [-0.39, 0.29) is 36.5 Å². The summed E-state index contributed by atoms with van der Waals surface area (Å²) in [7, 11) is 0. The summed E-state index contributed by atoms with van der Waals surface area (Å²) in [6, 6.07) is 0. The van der Waals surface area contributed by atoms with Gasteiger partial charge < -0.3 is 0 Å². The molecule has 0 amide bonds. The van der Waals surface area contributed by atoms with Crippen molar-refractivity contribution >= 4 is 0 Å². The van der Waals surface area contributed by atoms with Gasteiger partial charge in [0.1, 0.15) is 0 Å². The van der Waals surface area contributed by atoms with Gasteiger partial charge in [0.25, 0.3) is 0 Å². The second-order valence-corrected chi connectivity index (χ2v) is 0. The molecule has 0 aliphatic heterocycles. The Hall–Kier alpha value is 0.530. The molecule has 0 saturated heterocycles. The van der Waals surface area contributed by atoms with Crippen LogP contribution in [0.25, 0.3) is 0 Å². The third kappa shape index (κ3) is 21.1. The van der Waals surface area contributed by atoms with E-state index in [0.29, 0.717) is 0 Å². The predicted octanol–water partition coefficient (Wildman–Crippen LogP) is 0.455. The molecule has 0 aromatic carbocycles. The minimum absolute atomic E-state index is 0. The molecule has 0 heterocycles. The molecule has 0 spiro atoms. The average Bonchev–Trinajstić information content (AvgIpc) is 0. The molecular formula is H3AuF3. The van der Waals surface area contributed by atoms with Crippen LogP contribution in [-0.2, 0) is 22.4 Å². The third-order valence-corrected chi connectivity index (χ3v) is 0. The Kier molecular flexibility index (Phi) is 4040. The number of hydrogen-bond acceptors (Lipinski definition) is 0. The van der Waals surface area contributed by atoms with Gasteiger partial charge in [-0.15, -0.1) is 0 Å². The minimum Gasteiger partial charge on any atom is -0.269 e. The molecule has 0 saturated carbocycles. The second-order valence-electron chi connectivity index (χ2n) is 0. The van der Waals surface area contributed by atoms with Gasteiger partial charge in [-0.05, 0) is 0 Å². The predicted molar refractivity (Wildman–Crippen MR) is 7.51 cm³/mol. The fraction of sp³-hybridized carbons (Fsp3) is 0. The van der Waals surface area contributed by atoms with E-state index in [4.69, 9.17) is 0 Å². The van der Waals surface area contributed by atoms with Crippen LogP contribution in [0.4, 0.5) is 14.1 Å². The summed E-state index contributed by atoms with van der Waals surface area (Å²) in [4.78, 5) is 0. The van der Waals surface area contributed by atoms with Crippen molar-refractivity contribution in [2.24, 2.45) is 0 Å². The number of rotatable bonds is 0. The maximum Gasteiger partial charge on any atom is 0 e. The summed E-state index contributed by atoms with van der Waals surface area (Å²) in [5, 5.41) is 0. The Morgan fingerprint density at radius 1 is 0.500 bits per heavy atom. The van der Waals surface area contributed by atoms with Crippen molar-refractivity contribution in [3.63, 3.8) is 0 Å². The quantitative estimate of drug-likeness (QED) is 0.553. The maximum absolute atomic E-state index is 0. The molecule has 4 heteroatoms. The molecule has 35 valence electrons. The van der Waals surface area contributed by atoms with Crippen molar-refractivity contribution in [3.05, 3.63) is 0 Å². The van der Waals surface area contributed by atoms with Crippen molar-refractivity contribution in [2.45, 2.75) is 0 Å². The summed E-state index contributed by atoms with van der Waals surface area (Å²) >= 11 is 0. The van der Waals surface area contributed by atoms with Crippen LogP contribution in [0.1, 0.15) is 0 Å². The van der Waals surface area contributed by atoms with Gasteiger partial charge in [-0.3, -0.25) is 14.1 Å². The largest absolute Gasteiger partial charge is 0.269 e. The van der Waals surface area contributed by atoms with Crippen LogP contribution in [0, 0.1) is 0 Å². The smallest absolute Gasteiger partial charge is 0 e. The van der Waals surface area contributed by atoms with Crippen molar-refractivity contribution in [3.8, 4) is 0 Å². The molecule has 0 aliphatic rings. The first kappa shape index (κ1) is 201. The van der Waals surface area contributed by atoms with E-state index >= 15 is 0 Å². The summed E-state index contributed by atoms with van der Waals surface area (Å²) in [5.74, 6) is 0. The molecule has 0 N–H and O–H groups in total. The zero-order chi connectivity index (χ0) is 0. The van der Waals surface area contributed by atoms with E-state index in [9.17, 15) is 0 Å². The van der Waals surface area contributed by atoms with Crippen LogP contribution in [-0.4, -0.2) is 0 Å². The first-order valence-corrected chi connectivity index (χ1v) is 0. The van der Waals surface area contributed by atoms with E-state index in [1.807, 2.05) is 0 Å². The van der Waals surface area contributed by atoms with Gasteiger partial charge >= 0.3 is 0 Å². The van der Waals surface area contributed by atoms with Crippen LogP contribution in [0.2, 0.25) is 0 Å². The summed E-state index contributed by atoms with van der Waals surface area (Å²) in [6.07, 6.45) is 0. The fourth-order valence-electron chi connectivity index (χ4n) is 0. The van der Waals surface area contributed by atoms with Gasteiger partial charge in [-0.1, -0.05) is 0 Å². The first-order valence-electron chi connectivity index (χ1n) is 0. The topological polar surface area (TPSA) is 0 Å². The summed E-state index contributed by atoms with van der Waals surface area (Å²) in [5.41, 5.74) is 0. The molecule has 0 aliphatic carbocycles. The Labute approximate surface area is 37.2 Å². The molecule has 4 heavy (non-hydrogen) atoms. The second kappa shape index (κ2) is 80.4. The first-order chi connectivity index (χ1) is 0. The van der Waals surface area contributed by atoms with Crippen LogP contribution in [0.15, 0.2) is 0 Å².